The van der Waals surface area contributed by atoms with Crippen molar-refractivity contribution in [2.24, 2.45) is 0 Å². The van der Waals surface area contributed by atoms with Crippen LogP contribution in [-0.2, 0) is 4.74 Å². The van der Waals surface area contributed by atoms with E-state index in [1.54, 1.807) is 37.4 Å². The van der Waals surface area contributed by atoms with E-state index >= 15 is 0 Å². The molecule has 2 aromatic heterocycles. The maximum atomic E-state index is 12.5. The summed E-state index contributed by atoms with van der Waals surface area (Å²) in [5.74, 6) is 0.795. The van der Waals surface area contributed by atoms with Gasteiger partial charge in [-0.15, -0.1) is 10.2 Å². The molecule has 1 fully saturated rings. The van der Waals surface area contributed by atoms with E-state index in [0.29, 0.717) is 24.0 Å². The van der Waals surface area contributed by atoms with Gasteiger partial charge in [0.1, 0.15) is 6.10 Å². The predicted molar refractivity (Wildman–Crippen MR) is 87.6 cm³/mol. The van der Waals surface area contributed by atoms with Crippen molar-refractivity contribution in [3.05, 3.63) is 53.7 Å². The molecule has 4 rings (SSSR count). The first-order valence-electron chi connectivity index (χ1n) is 8.03. The normalized spacial score (nSPS) is 19.9. The van der Waals surface area contributed by atoms with Crippen molar-refractivity contribution >= 4 is 5.91 Å². The van der Waals surface area contributed by atoms with Gasteiger partial charge in [-0.1, -0.05) is 0 Å². The number of carbonyl (C=O) groups excluding carboxylic acids is 1. The molecule has 128 valence electrons. The molecule has 8 heteroatoms. The van der Waals surface area contributed by atoms with Crippen molar-refractivity contribution in [2.45, 2.75) is 25.5 Å². The van der Waals surface area contributed by atoms with Crippen molar-refractivity contribution < 1.29 is 13.9 Å². The summed E-state index contributed by atoms with van der Waals surface area (Å²) in [7, 11) is 0. The van der Waals surface area contributed by atoms with Crippen molar-refractivity contribution in [1.29, 1.82) is 0 Å². The Morgan fingerprint density at radius 3 is 2.76 bits per heavy atom. The van der Waals surface area contributed by atoms with Gasteiger partial charge in [0.15, 0.2) is 0 Å². The van der Waals surface area contributed by atoms with E-state index in [9.17, 15) is 4.79 Å². The topological polar surface area (TPSA) is 106 Å². The van der Waals surface area contributed by atoms with Crippen LogP contribution in [0.1, 0.15) is 34.5 Å². The minimum Gasteiger partial charge on any atom is -0.421 e. The Labute approximate surface area is 143 Å². The van der Waals surface area contributed by atoms with Gasteiger partial charge in [0.25, 0.3) is 5.91 Å². The molecule has 1 aliphatic heterocycles. The van der Waals surface area contributed by atoms with Crippen LogP contribution >= 0.6 is 0 Å². The Bertz CT molecular complexity index is 857. The number of hydrogen-bond acceptors (Lipinski definition) is 6. The highest BCUT2D eigenvalue weighted by atomic mass is 16.5. The Kier molecular flexibility index (Phi) is 4.02. The standard InChI is InChI=1S/C17H17N5O3/c1-10-20-22-17(25-10)12-4-2-11(3-5-12)16(23)19-13-7-9-24-15(13)14-6-8-18-21-14/h2-6,8,13,15H,7,9H2,1H3,(H,18,21)(H,19,23)/t13-,15-/m1/s1. The van der Waals surface area contributed by atoms with Crippen molar-refractivity contribution in [3.8, 4) is 11.5 Å². The summed E-state index contributed by atoms with van der Waals surface area (Å²) in [6.07, 6.45) is 2.23. The zero-order valence-electron chi connectivity index (χ0n) is 13.6. The van der Waals surface area contributed by atoms with Gasteiger partial charge in [-0.3, -0.25) is 9.89 Å². The number of aryl methyl sites for hydroxylation is 1. The predicted octanol–water partition coefficient (Wildman–Crippen LogP) is 2.03. The van der Waals surface area contributed by atoms with E-state index in [0.717, 1.165) is 17.7 Å². The smallest absolute Gasteiger partial charge is 0.251 e. The Morgan fingerprint density at radius 2 is 2.08 bits per heavy atom. The van der Waals surface area contributed by atoms with Gasteiger partial charge in [0.05, 0.1) is 11.7 Å². The SMILES string of the molecule is Cc1nnc(-c2ccc(C(=O)N[C@@H]3CCO[C@H]3c3ccn[nH]3)cc2)o1. The average Bonchev–Trinajstić information content (AvgIpc) is 3.36. The monoisotopic (exact) mass is 339 g/mol. The molecule has 0 radical (unpaired) electrons. The molecule has 2 atom stereocenters. The van der Waals surface area contributed by atoms with Crippen molar-refractivity contribution in [2.75, 3.05) is 6.61 Å². The second kappa shape index (κ2) is 6.48. The quantitative estimate of drug-likeness (QED) is 0.753. The highest BCUT2D eigenvalue weighted by Crippen LogP contribution is 2.28. The molecule has 2 N–H and O–H groups in total. The molecular weight excluding hydrogens is 322 g/mol. The van der Waals surface area contributed by atoms with Crippen LogP contribution in [0.15, 0.2) is 40.9 Å². The first-order chi connectivity index (χ1) is 12.2. The molecule has 1 amide bonds. The Balaban J connectivity index is 1.46. The molecular formula is C17H17N5O3. The van der Waals surface area contributed by atoms with Gasteiger partial charge in [0.2, 0.25) is 11.8 Å². The summed E-state index contributed by atoms with van der Waals surface area (Å²) in [4.78, 5) is 12.5. The summed E-state index contributed by atoms with van der Waals surface area (Å²) in [5.41, 5.74) is 2.21. The van der Waals surface area contributed by atoms with E-state index in [1.165, 1.54) is 0 Å². The number of ether oxygens (including phenoxy) is 1. The van der Waals surface area contributed by atoms with Crippen LogP contribution in [0.4, 0.5) is 0 Å². The summed E-state index contributed by atoms with van der Waals surface area (Å²) >= 11 is 0. The first-order valence-corrected chi connectivity index (χ1v) is 8.03. The van der Waals surface area contributed by atoms with Crippen LogP contribution in [-0.4, -0.2) is 39.0 Å². The average molecular weight is 339 g/mol. The fourth-order valence-electron chi connectivity index (χ4n) is 2.90. The molecule has 0 unspecified atom stereocenters. The fraction of sp³-hybridized carbons (Fsp3) is 0.294. The van der Waals surface area contributed by atoms with Gasteiger partial charge in [-0.05, 0) is 36.8 Å². The van der Waals surface area contributed by atoms with Gasteiger partial charge < -0.3 is 14.5 Å². The van der Waals surface area contributed by atoms with Crippen LogP contribution < -0.4 is 5.32 Å². The zero-order chi connectivity index (χ0) is 17.2. The lowest BCUT2D eigenvalue weighted by Gasteiger charge is -2.18. The minimum absolute atomic E-state index is 0.0915. The molecule has 1 aliphatic rings. The molecule has 0 aliphatic carbocycles. The third-order valence-corrected chi connectivity index (χ3v) is 4.16. The van der Waals surface area contributed by atoms with E-state index in [1.807, 2.05) is 6.07 Å². The molecule has 25 heavy (non-hydrogen) atoms. The number of hydrogen-bond donors (Lipinski definition) is 2. The first kappa shape index (κ1) is 15.5. The number of amides is 1. The second-order valence-electron chi connectivity index (χ2n) is 5.88. The summed E-state index contributed by atoms with van der Waals surface area (Å²) in [5, 5.41) is 17.6. The summed E-state index contributed by atoms with van der Waals surface area (Å²) in [6, 6.07) is 8.83. The lowest BCUT2D eigenvalue weighted by atomic mass is 10.1. The molecule has 8 nitrogen and oxygen atoms in total. The largest absolute Gasteiger partial charge is 0.421 e. The zero-order valence-corrected chi connectivity index (χ0v) is 13.6. The number of nitrogens with zero attached hydrogens (tertiary/aromatic N) is 3. The maximum Gasteiger partial charge on any atom is 0.251 e. The third-order valence-electron chi connectivity index (χ3n) is 4.16. The Hall–Kier alpha value is -3.00. The molecule has 1 aromatic carbocycles. The number of aromatic amines is 1. The van der Waals surface area contributed by atoms with E-state index in [-0.39, 0.29) is 18.1 Å². The van der Waals surface area contributed by atoms with Crippen LogP contribution in [0.25, 0.3) is 11.5 Å². The lowest BCUT2D eigenvalue weighted by molar-refractivity contribution is 0.0807. The number of benzene rings is 1. The van der Waals surface area contributed by atoms with Gasteiger partial charge in [0, 0.05) is 30.9 Å². The van der Waals surface area contributed by atoms with Crippen LogP contribution in [0.3, 0.4) is 0 Å². The minimum atomic E-state index is -0.202. The maximum absolute atomic E-state index is 12.5. The van der Waals surface area contributed by atoms with Gasteiger partial charge in [-0.25, -0.2) is 0 Å². The van der Waals surface area contributed by atoms with Crippen LogP contribution in [0, 0.1) is 6.92 Å². The van der Waals surface area contributed by atoms with E-state index in [2.05, 4.69) is 25.7 Å². The molecule has 0 saturated carbocycles. The molecule has 3 aromatic rings. The van der Waals surface area contributed by atoms with Crippen molar-refractivity contribution in [3.63, 3.8) is 0 Å². The molecule has 1 saturated heterocycles. The summed E-state index contributed by atoms with van der Waals surface area (Å²) < 4.78 is 11.1. The second-order valence-corrected chi connectivity index (χ2v) is 5.88. The summed E-state index contributed by atoms with van der Waals surface area (Å²) in [6.45, 7) is 2.34. The number of aromatic nitrogens is 4. The van der Waals surface area contributed by atoms with E-state index < -0.39 is 0 Å². The Morgan fingerprint density at radius 1 is 1.24 bits per heavy atom. The fourth-order valence-corrected chi connectivity index (χ4v) is 2.90. The number of H-pyrrole nitrogens is 1. The molecule has 0 bridgehead atoms. The van der Waals surface area contributed by atoms with E-state index in [4.69, 9.17) is 9.15 Å². The number of nitrogens with one attached hydrogen (secondary N) is 2. The number of rotatable bonds is 4. The van der Waals surface area contributed by atoms with Crippen molar-refractivity contribution in [1.82, 2.24) is 25.7 Å². The lowest BCUT2D eigenvalue weighted by Crippen LogP contribution is -2.36. The highest BCUT2D eigenvalue weighted by Gasteiger charge is 2.32. The van der Waals surface area contributed by atoms with Crippen LogP contribution in [0.2, 0.25) is 0 Å². The van der Waals surface area contributed by atoms with Gasteiger partial charge >= 0.3 is 0 Å². The van der Waals surface area contributed by atoms with Crippen LogP contribution in [0.5, 0.6) is 0 Å². The molecule has 0 spiro atoms. The van der Waals surface area contributed by atoms with Gasteiger partial charge in [-0.2, -0.15) is 5.10 Å². The number of carbonyl (C=O) groups is 1. The molecule has 3 heterocycles. The third kappa shape index (κ3) is 3.16. The highest BCUT2D eigenvalue weighted by molar-refractivity contribution is 5.94.